The third kappa shape index (κ3) is 5.57. The van der Waals surface area contributed by atoms with Crippen molar-refractivity contribution in [1.29, 1.82) is 0 Å². The second-order valence-corrected chi connectivity index (χ2v) is 5.56. The van der Waals surface area contributed by atoms with E-state index >= 15 is 0 Å². The van der Waals surface area contributed by atoms with Gasteiger partial charge in [-0.3, -0.25) is 0 Å². The fourth-order valence-electron chi connectivity index (χ4n) is 1.07. The zero-order valence-electron chi connectivity index (χ0n) is 9.16. The maximum absolute atomic E-state index is 11.4. The van der Waals surface area contributed by atoms with Crippen LogP contribution in [0.15, 0.2) is 0 Å². The SMILES string of the molecule is CCC(C)C(C)NS(=O)(=O)CCCO. The van der Waals surface area contributed by atoms with Gasteiger partial charge in [-0.05, 0) is 19.3 Å². The summed E-state index contributed by atoms with van der Waals surface area (Å²) in [7, 11) is -3.21. The first-order valence-corrected chi connectivity index (χ1v) is 6.69. The highest BCUT2D eigenvalue weighted by Crippen LogP contribution is 2.08. The summed E-state index contributed by atoms with van der Waals surface area (Å²) in [4.78, 5) is 0. The fourth-order valence-corrected chi connectivity index (χ4v) is 2.49. The van der Waals surface area contributed by atoms with Crippen LogP contribution in [0.5, 0.6) is 0 Å². The molecule has 0 aromatic rings. The number of aliphatic hydroxyl groups is 1. The second kappa shape index (κ2) is 6.37. The summed E-state index contributed by atoms with van der Waals surface area (Å²) in [6, 6.07) is -0.0382. The summed E-state index contributed by atoms with van der Waals surface area (Å²) in [5, 5.41) is 8.53. The molecule has 0 aromatic carbocycles. The predicted octanol–water partition coefficient (Wildman–Crippen LogP) is 0.723. The molecule has 0 aliphatic rings. The monoisotopic (exact) mass is 223 g/mol. The van der Waals surface area contributed by atoms with Crippen LogP contribution in [-0.2, 0) is 10.0 Å². The second-order valence-electron chi connectivity index (χ2n) is 3.69. The third-order valence-corrected chi connectivity index (χ3v) is 3.99. The van der Waals surface area contributed by atoms with E-state index in [1.807, 2.05) is 20.8 Å². The van der Waals surface area contributed by atoms with Crippen molar-refractivity contribution >= 4 is 10.0 Å². The quantitative estimate of drug-likeness (QED) is 0.668. The van der Waals surface area contributed by atoms with Gasteiger partial charge in [0.2, 0.25) is 10.0 Å². The molecular formula is C9H21NO3S. The van der Waals surface area contributed by atoms with Crippen molar-refractivity contribution in [2.24, 2.45) is 5.92 Å². The van der Waals surface area contributed by atoms with Gasteiger partial charge in [0.1, 0.15) is 0 Å². The number of sulfonamides is 1. The van der Waals surface area contributed by atoms with E-state index < -0.39 is 10.0 Å². The molecule has 2 atom stereocenters. The molecule has 0 amide bonds. The molecule has 2 unspecified atom stereocenters. The Kier molecular flexibility index (Phi) is 6.31. The average molecular weight is 223 g/mol. The van der Waals surface area contributed by atoms with E-state index in [2.05, 4.69) is 4.72 Å². The van der Waals surface area contributed by atoms with Gasteiger partial charge in [-0.15, -0.1) is 0 Å². The molecule has 14 heavy (non-hydrogen) atoms. The Bertz CT molecular complexity index is 238. The smallest absolute Gasteiger partial charge is 0.211 e. The van der Waals surface area contributed by atoms with E-state index in [-0.39, 0.29) is 18.4 Å². The molecule has 0 heterocycles. The van der Waals surface area contributed by atoms with Crippen LogP contribution in [0, 0.1) is 5.92 Å². The summed E-state index contributed by atoms with van der Waals surface area (Å²) >= 11 is 0. The Morgan fingerprint density at radius 3 is 2.36 bits per heavy atom. The molecule has 0 bridgehead atoms. The van der Waals surface area contributed by atoms with Gasteiger partial charge in [0.25, 0.3) is 0 Å². The molecule has 2 N–H and O–H groups in total. The summed E-state index contributed by atoms with van der Waals surface area (Å²) in [5.41, 5.74) is 0. The zero-order valence-corrected chi connectivity index (χ0v) is 9.97. The minimum Gasteiger partial charge on any atom is -0.396 e. The molecule has 0 fully saturated rings. The number of hydrogen-bond donors (Lipinski definition) is 2. The standard InChI is InChI=1S/C9H21NO3S/c1-4-8(2)9(3)10-14(12,13)7-5-6-11/h8-11H,4-7H2,1-3H3. The molecule has 0 aliphatic heterocycles. The molecule has 0 aliphatic carbocycles. The van der Waals surface area contributed by atoms with Crippen LogP contribution in [0.3, 0.4) is 0 Å². The van der Waals surface area contributed by atoms with Gasteiger partial charge in [0.15, 0.2) is 0 Å². The molecule has 0 saturated carbocycles. The van der Waals surface area contributed by atoms with E-state index in [4.69, 9.17) is 5.11 Å². The zero-order chi connectivity index (χ0) is 11.2. The summed E-state index contributed by atoms with van der Waals surface area (Å²) in [5.74, 6) is 0.337. The molecule has 0 saturated heterocycles. The third-order valence-electron chi connectivity index (χ3n) is 2.43. The van der Waals surface area contributed by atoms with E-state index in [0.717, 1.165) is 6.42 Å². The first-order valence-electron chi connectivity index (χ1n) is 5.03. The summed E-state index contributed by atoms with van der Waals surface area (Å²) < 4.78 is 25.4. The normalized spacial score (nSPS) is 16.6. The molecule has 0 rings (SSSR count). The Labute approximate surface area is 86.8 Å². The van der Waals surface area contributed by atoms with Crippen molar-refractivity contribution in [2.45, 2.75) is 39.7 Å². The van der Waals surface area contributed by atoms with E-state index in [9.17, 15) is 8.42 Å². The molecule has 0 aromatic heterocycles. The molecule has 0 spiro atoms. The van der Waals surface area contributed by atoms with Gasteiger partial charge in [-0.1, -0.05) is 20.3 Å². The first-order chi connectivity index (χ1) is 6.43. The summed E-state index contributed by atoms with van der Waals surface area (Å²) in [6.45, 7) is 5.83. The van der Waals surface area contributed by atoms with Crippen LogP contribution in [0.2, 0.25) is 0 Å². The number of rotatable bonds is 7. The lowest BCUT2D eigenvalue weighted by Gasteiger charge is -2.19. The van der Waals surface area contributed by atoms with Crippen molar-refractivity contribution in [3.63, 3.8) is 0 Å². The molecular weight excluding hydrogens is 202 g/mol. The minimum atomic E-state index is -3.21. The van der Waals surface area contributed by atoms with Crippen molar-refractivity contribution in [3.05, 3.63) is 0 Å². The van der Waals surface area contributed by atoms with Gasteiger partial charge in [0.05, 0.1) is 5.75 Å². The maximum Gasteiger partial charge on any atom is 0.211 e. The van der Waals surface area contributed by atoms with Gasteiger partial charge in [-0.25, -0.2) is 13.1 Å². The van der Waals surface area contributed by atoms with Gasteiger partial charge < -0.3 is 5.11 Å². The van der Waals surface area contributed by atoms with Crippen molar-refractivity contribution in [3.8, 4) is 0 Å². The Hall–Kier alpha value is -0.130. The summed E-state index contributed by atoms with van der Waals surface area (Å²) in [6.07, 6.45) is 1.24. The molecule has 0 radical (unpaired) electrons. The Morgan fingerprint density at radius 1 is 1.36 bits per heavy atom. The lowest BCUT2D eigenvalue weighted by molar-refractivity contribution is 0.295. The van der Waals surface area contributed by atoms with Crippen LogP contribution < -0.4 is 4.72 Å². The predicted molar refractivity (Wildman–Crippen MR) is 57.5 cm³/mol. The van der Waals surface area contributed by atoms with E-state index in [1.54, 1.807) is 0 Å². The van der Waals surface area contributed by atoms with Crippen LogP contribution in [-0.4, -0.2) is 31.9 Å². The Morgan fingerprint density at radius 2 is 1.93 bits per heavy atom. The molecule has 86 valence electrons. The average Bonchev–Trinajstić information content (AvgIpc) is 2.12. The topological polar surface area (TPSA) is 66.4 Å². The van der Waals surface area contributed by atoms with Crippen molar-refractivity contribution in [2.75, 3.05) is 12.4 Å². The number of aliphatic hydroxyl groups excluding tert-OH is 1. The van der Waals surface area contributed by atoms with Crippen LogP contribution >= 0.6 is 0 Å². The van der Waals surface area contributed by atoms with Gasteiger partial charge in [-0.2, -0.15) is 0 Å². The van der Waals surface area contributed by atoms with E-state index in [1.165, 1.54) is 0 Å². The minimum absolute atomic E-state index is 0.00424. The largest absolute Gasteiger partial charge is 0.396 e. The Balaban J connectivity index is 4.08. The molecule has 4 nitrogen and oxygen atoms in total. The molecule has 5 heteroatoms. The van der Waals surface area contributed by atoms with Gasteiger partial charge in [0, 0.05) is 12.6 Å². The van der Waals surface area contributed by atoms with Crippen LogP contribution in [0.4, 0.5) is 0 Å². The highest BCUT2D eigenvalue weighted by Gasteiger charge is 2.17. The lowest BCUT2D eigenvalue weighted by atomic mass is 10.0. The van der Waals surface area contributed by atoms with Crippen molar-refractivity contribution < 1.29 is 13.5 Å². The fraction of sp³-hybridized carbons (Fsp3) is 1.00. The lowest BCUT2D eigenvalue weighted by Crippen LogP contribution is -2.38. The highest BCUT2D eigenvalue weighted by atomic mass is 32.2. The maximum atomic E-state index is 11.4. The number of nitrogens with one attached hydrogen (secondary N) is 1. The highest BCUT2D eigenvalue weighted by molar-refractivity contribution is 7.89. The van der Waals surface area contributed by atoms with Crippen molar-refractivity contribution in [1.82, 2.24) is 4.72 Å². The van der Waals surface area contributed by atoms with Crippen LogP contribution in [0.25, 0.3) is 0 Å². The van der Waals surface area contributed by atoms with Crippen LogP contribution in [0.1, 0.15) is 33.6 Å². The number of hydrogen-bond acceptors (Lipinski definition) is 3. The van der Waals surface area contributed by atoms with E-state index in [0.29, 0.717) is 12.3 Å². The van der Waals surface area contributed by atoms with Gasteiger partial charge >= 0.3 is 0 Å². The first kappa shape index (κ1) is 13.9.